The van der Waals surface area contributed by atoms with Crippen molar-refractivity contribution in [2.75, 3.05) is 7.05 Å². The first-order chi connectivity index (χ1) is 11.6. The summed E-state index contributed by atoms with van der Waals surface area (Å²) in [4.78, 5) is 10.6. The molecular formula is C15H11F3NO4S2-. The van der Waals surface area contributed by atoms with E-state index in [4.69, 9.17) is 0 Å². The number of hydrogen-bond donors (Lipinski definition) is 1. The van der Waals surface area contributed by atoms with Crippen LogP contribution in [0.3, 0.4) is 0 Å². The van der Waals surface area contributed by atoms with Crippen LogP contribution in [-0.4, -0.2) is 21.4 Å². The van der Waals surface area contributed by atoms with Crippen LogP contribution < -0.4 is 9.83 Å². The Hall–Kier alpha value is -2.04. The second-order valence-electron chi connectivity index (χ2n) is 4.75. The third-order valence-electron chi connectivity index (χ3n) is 3.16. The summed E-state index contributed by atoms with van der Waals surface area (Å²) >= 11 is 0.602. The number of benzene rings is 2. The Labute approximate surface area is 145 Å². The van der Waals surface area contributed by atoms with Gasteiger partial charge in [-0.25, -0.2) is 13.1 Å². The molecule has 0 unspecified atom stereocenters. The number of rotatable bonds is 5. The van der Waals surface area contributed by atoms with Crippen LogP contribution in [0.2, 0.25) is 0 Å². The van der Waals surface area contributed by atoms with Crippen LogP contribution in [0.25, 0.3) is 0 Å². The van der Waals surface area contributed by atoms with Crippen molar-refractivity contribution < 1.29 is 31.5 Å². The van der Waals surface area contributed by atoms with Gasteiger partial charge in [0.1, 0.15) is 0 Å². The molecule has 2 aromatic rings. The highest BCUT2D eigenvalue weighted by Crippen LogP contribution is 2.39. The highest BCUT2D eigenvalue weighted by molar-refractivity contribution is 8.00. The summed E-state index contributed by atoms with van der Waals surface area (Å²) in [5.74, 6) is -1.52. The van der Waals surface area contributed by atoms with Crippen molar-refractivity contribution in [3.8, 4) is 0 Å². The summed E-state index contributed by atoms with van der Waals surface area (Å²) < 4.78 is 65.0. The van der Waals surface area contributed by atoms with Crippen LogP contribution in [0, 0.1) is 0 Å². The van der Waals surface area contributed by atoms with E-state index >= 15 is 0 Å². The first-order valence-electron chi connectivity index (χ1n) is 6.69. The number of aromatic carboxylic acids is 1. The Kier molecular flexibility index (Phi) is 5.45. The molecule has 0 amide bonds. The van der Waals surface area contributed by atoms with E-state index in [0.29, 0.717) is 23.9 Å². The van der Waals surface area contributed by atoms with Crippen molar-refractivity contribution in [1.29, 1.82) is 0 Å². The van der Waals surface area contributed by atoms with Gasteiger partial charge in [-0.05, 0) is 31.3 Å². The minimum absolute atomic E-state index is 0.0642. The molecule has 0 saturated carbocycles. The number of carboxylic acid groups (broad SMARTS) is 1. The summed E-state index contributed by atoms with van der Waals surface area (Å²) in [6.07, 6.45) is -4.68. The Bertz CT molecular complexity index is 911. The third kappa shape index (κ3) is 4.33. The van der Waals surface area contributed by atoms with E-state index < -0.39 is 27.7 Å². The SMILES string of the molecule is CNS(=O)(=O)c1ccc(C(F)(F)F)cc1Sc1ccccc1C(=O)[O-]. The molecule has 0 saturated heterocycles. The molecule has 0 spiro atoms. The molecule has 0 aliphatic carbocycles. The average Bonchev–Trinajstić information content (AvgIpc) is 2.54. The van der Waals surface area contributed by atoms with Crippen LogP contribution in [0.4, 0.5) is 13.2 Å². The van der Waals surface area contributed by atoms with Crippen LogP contribution in [0.5, 0.6) is 0 Å². The van der Waals surface area contributed by atoms with Crippen LogP contribution >= 0.6 is 11.8 Å². The van der Waals surface area contributed by atoms with E-state index in [0.717, 1.165) is 13.1 Å². The van der Waals surface area contributed by atoms with Gasteiger partial charge in [-0.15, -0.1) is 0 Å². The summed E-state index contributed by atoms with van der Waals surface area (Å²) in [5.41, 5.74) is -1.30. The Morgan fingerprint density at radius 2 is 1.76 bits per heavy atom. The summed E-state index contributed by atoms with van der Waals surface area (Å²) in [7, 11) is -2.92. The van der Waals surface area contributed by atoms with Crippen molar-refractivity contribution in [2.45, 2.75) is 20.9 Å². The number of nitrogens with one attached hydrogen (secondary N) is 1. The molecule has 10 heteroatoms. The molecule has 2 aromatic carbocycles. The number of halogens is 3. The highest BCUT2D eigenvalue weighted by Gasteiger charge is 2.32. The van der Waals surface area contributed by atoms with E-state index in [1.807, 2.05) is 4.72 Å². The predicted octanol–water partition coefficient (Wildman–Crippen LogP) is 2.13. The minimum atomic E-state index is -4.68. The first-order valence-corrected chi connectivity index (χ1v) is 8.99. The van der Waals surface area contributed by atoms with Gasteiger partial charge in [0.05, 0.1) is 16.4 Å². The van der Waals surface area contributed by atoms with Crippen LogP contribution in [0.1, 0.15) is 15.9 Å². The molecule has 25 heavy (non-hydrogen) atoms. The lowest BCUT2D eigenvalue weighted by Gasteiger charge is -2.15. The van der Waals surface area contributed by atoms with E-state index in [-0.39, 0.29) is 20.2 Å². The van der Waals surface area contributed by atoms with Gasteiger partial charge in [-0.3, -0.25) is 0 Å². The van der Waals surface area contributed by atoms with Crippen LogP contribution in [-0.2, 0) is 16.2 Å². The van der Waals surface area contributed by atoms with Gasteiger partial charge in [0.15, 0.2) is 0 Å². The maximum Gasteiger partial charge on any atom is 0.416 e. The molecule has 5 nitrogen and oxygen atoms in total. The second-order valence-corrected chi connectivity index (χ2v) is 7.69. The summed E-state index contributed by atoms with van der Waals surface area (Å²) in [6, 6.07) is 7.63. The molecule has 0 aliphatic heterocycles. The number of carbonyl (C=O) groups excluding carboxylic acids is 1. The topological polar surface area (TPSA) is 86.3 Å². The number of alkyl halides is 3. The maximum absolute atomic E-state index is 12.9. The molecule has 0 heterocycles. The molecule has 0 radical (unpaired) electrons. The fourth-order valence-corrected chi connectivity index (χ4v) is 4.18. The van der Waals surface area contributed by atoms with E-state index in [1.165, 1.54) is 24.3 Å². The molecular weight excluding hydrogens is 379 g/mol. The predicted molar refractivity (Wildman–Crippen MR) is 82.6 cm³/mol. The number of carboxylic acids is 1. The normalized spacial score (nSPS) is 12.2. The molecule has 0 atom stereocenters. The molecule has 0 bridgehead atoms. The highest BCUT2D eigenvalue weighted by atomic mass is 32.2. The molecule has 2 rings (SSSR count). The summed E-state index contributed by atoms with van der Waals surface area (Å²) in [5, 5.41) is 11.1. The number of hydrogen-bond acceptors (Lipinski definition) is 5. The van der Waals surface area contributed by atoms with Gasteiger partial charge >= 0.3 is 6.18 Å². The number of sulfonamides is 1. The Morgan fingerprint density at radius 1 is 1.12 bits per heavy atom. The van der Waals surface area contributed by atoms with E-state index in [9.17, 15) is 31.5 Å². The fraction of sp³-hybridized carbons (Fsp3) is 0.133. The largest absolute Gasteiger partial charge is 0.545 e. The van der Waals surface area contributed by atoms with E-state index in [2.05, 4.69) is 0 Å². The molecule has 0 aliphatic rings. The van der Waals surface area contributed by atoms with Crippen molar-refractivity contribution >= 4 is 27.8 Å². The molecule has 134 valence electrons. The quantitative estimate of drug-likeness (QED) is 0.845. The van der Waals surface area contributed by atoms with Gasteiger partial charge in [-0.2, -0.15) is 13.2 Å². The first kappa shape index (κ1) is 19.3. The van der Waals surface area contributed by atoms with Crippen molar-refractivity contribution in [3.05, 3.63) is 53.6 Å². The fourth-order valence-electron chi connectivity index (χ4n) is 1.94. The summed E-state index contributed by atoms with van der Waals surface area (Å²) in [6.45, 7) is 0. The van der Waals surface area contributed by atoms with Gasteiger partial charge in [0.2, 0.25) is 10.0 Å². The zero-order valence-electron chi connectivity index (χ0n) is 12.6. The van der Waals surface area contributed by atoms with E-state index in [1.54, 1.807) is 0 Å². The smallest absolute Gasteiger partial charge is 0.416 e. The monoisotopic (exact) mass is 390 g/mol. The average molecular weight is 390 g/mol. The Balaban J connectivity index is 2.64. The standard InChI is InChI=1S/C15H12F3NO4S2/c1-19-25(22,23)13-7-6-9(15(16,17)18)8-12(13)24-11-5-3-2-4-10(11)14(20)21/h2-8,19H,1H3,(H,20,21)/p-1. The lowest BCUT2D eigenvalue weighted by molar-refractivity contribution is -0.255. The minimum Gasteiger partial charge on any atom is -0.545 e. The molecule has 0 aromatic heterocycles. The zero-order chi connectivity index (χ0) is 18.8. The van der Waals surface area contributed by atoms with Gasteiger partial charge in [-0.1, -0.05) is 30.0 Å². The second kappa shape index (κ2) is 7.06. The lowest BCUT2D eigenvalue weighted by Crippen LogP contribution is -2.23. The van der Waals surface area contributed by atoms with Crippen molar-refractivity contribution in [1.82, 2.24) is 4.72 Å². The Morgan fingerprint density at radius 3 is 2.32 bits per heavy atom. The van der Waals surface area contributed by atoms with Gasteiger partial charge in [0, 0.05) is 15.4 Å². The zero-order valence-corrected chi connectivity index (χ0v) is 14.3. The lowest BCUT2D eigenvalue weighted by atomic mass is 10.2. The number of carbonyl (C=O) groups is 1. The van der Waals surface area contributed by atoms with Gasteiger partial charge < -0.3 is 9.90 Å². The van der Waals surface area contributed by atoms with Crippen molar-refractivity contribution in [3.63, 3.8) is 0 Å². The molecule has 1 N–H and O–H groups in total. The van der Waals surface area contributed by atoms with Gasteiger partial charge in [0.25, 0.3) is 0 Å². The third-order valence-corrected chi connectivity index (χ3v) is 5.89. The van der Waals surface area contributed by atoms with Crippen LogP contribution in [0.15, 0.2) is 57.2 Å². The van der Waals surface area contributed by atoms with Crippen molar-refractivity contribution in [2.24, 2.45) is 0 Å². The maximum atomic E-state index is 12.9. The molecule has 0 fully saturated rings.